The lowest BCUT2D eigenvalue weighted by atomic mass is 10.0. The molecule has 0 saturated carbocycles. The zero-order chi connectivity index (χ0) is 18.6. The topological polar surface area (TPSA) is 45.2 Å². The van der Waals surface area contributed by atoms with Gasteiger partial charge >= 0.3 is 0 Å². The number of hydrogen-bond acceptors (Lipinski definition) is 3. The Kier molecular flexibility index (Phi) is 4.88. The molecule has 0 spiro atoms. The van der Waals surface area contributed by atoms with Crippen molar-refractivity contribution in [1.29, 1.82) is 0 Å². The molecule has 0 saturated heterocycles. The molecule has 136 valence electrons. The van der Waals surface area contributed by atoms with Crippen molar-refractivity contribution >= 4 is 17.3 Å². The molecule has 1 amide bonds. The third-order valence-corrected chi connectivity index (χ3v) is 4.94. The lowest BCUT2D eigenvalue weighted by molar-refractivity contribution is 0.0951. The first kappa shape index (κ1) is 17.3. The van der Waals surface area contributed by atoms with Crippen molar-refractivity contribution in [3.05, 3.63) is 89.2 Å². The first-order valence-electron chi connectivity index (χ1n) is 9.35. The molecule has 4 heteroatoms. The van der Waals surface area contributed by atoms with E-state index in [2.05, 4.69) is 39.5 Å². The number of pyridine rings is 1. The van der Waals surface area contributed by atoms with Gasteiger partial charge in [-0.3, -0.25) is 9.78 Å². The van der Waals surface area contributed by atoms with Gasteiger partial charge in [-0.05, 0) is 66.8 Å². The van der Waals surface area contributed by atoms with Gasteiger partial charge in [0.1, 0.15) is 0 Å². The van der Waals surface area contributed by atoms with Crippen LogP contribution >= 0.6 is 0 Å². The highest BCUT2D eigenvalue weighted by Gasteiger charge is 2.18. The van der Waals surface area contributed by atoms with Crippen LogP contribution in [0, 0.1) is 6.92 Å². The van der Waals surface area contributed by atoms with Crippen LogP contribution in [0.25, 0.3) is 0 Å². The van der Waals surface area contributed by atoms with Crippen molar-refractivity contribution in [2.45, 2.75) is 26.3 Å². The lowest BCUT2D eigenvalue weighted by Crippen LogP contribution is -2.25. The monoisotopic (exact) mass is 357 g/mol. The maximum absolute atomic E-state index is 12.4. The number of hydrogen-bond donors (Lipinski definition) is 1. The maximum Gasteiger partial charge on any atom is 0.251 e. The summed E-state index contributed by atoms with van der Waals surface area (Å²) in [5, 5.41) is 2.96. The molecule has 1 aromatic heterocycles. The zero-order valence-corrected chi connectivity index (χ0v) is 15.5. The predicted octanol–water partition coefficient (Wildman–Crippen LogP) is 4.40. The zero-order valence-electron chi connectivity index (χ0n) is 15.5. The van der Waals surface area contributed by atoms with Crippen molar-refractivity contribution in [1.82, 2.24) is 10.3 Å². The molecule has 4 nitrogen and oxygen atoms in total. The second kappa shape index (κ2) is 7.62. The third-order valence-electron chi connectivity index (χ3n) is 4.94. The Morgan fingerprint density at radius 1 is 1.11 bits per heavy atom. The summed E-state index contributed by atoms with van der Waals surface area (Å²) < 4.78 is 0. The Morgan fingerprint density at radius 3 is 2.74 bits per heavy atom. The minimum absolute atomic E-state index is 0.0675. The molecule has 27 heavy (non-hydrogen) atoms. The molecule has 2 aromatic carbocycles. The van der Waals surface area contributed by atoms with Gasteiger partial charge in [-0.25, -0.2) is 0 Å². The van der Waals surface area contributed by atoms with Gasteiger partial charge in [0.05, 0.1) is 0 Å². The van der Waals surface area contributed by atoms with E-state index in [1.54, 1.807) is 6.20 Å². The predicted molar refractivity (Wildman–Crippen MR) is 108 cm³/mol. The highest BCUT2D eigenvalue weighted by Crippen LogP contribution is 2.33. The number of aromatic nitrogens is 1. The summed E-state index contributed by atoms with van der Waals surface area (Å²) >= 11 is 0. The Hall–Kier alpha value is -3.14. The average molecular weight is 357 g/mol. The van der Waals surface area contributed by atoms with Gasteiger partial charge in [-0.2, -0.15) is 0 Å². The first-order chi connectivity index (χ1) is 13.2. The number of anilines is 2. The SMILES string of the molecule is Cc1cncc(CNC(=O)c2ccc(N3CCCc4ccccc43)cc2)c1. The van der Waals surface area contributed by atoms with Gasteiger partial charge in [-0.1, -0.05) is 24.3 Å². The minimum Gasteiger partial charge on any atom is -0.348 e. The Bertz CT molecular complexity index is 950. The standard InChI is InChI=1S/C23H23N3O/c1-17-13-18(15-24-14-17)16-25-23(27)20-8-10-21(11-9-20)26-12-4-6-19-5-2-3-7-22(19)26/h2-3,5,7-11,13-15H,4,6,12,16H2,1H3,(H,25,27). The van der Waals surface area contributed by atoms with Crippen LogP contribution in [0.5, 0.6) is 0 Å². The second-order valence-corrected chi connectivity index (χ2v) is 6.98. The number of aryl methyl sites for hydroxylation is 2. The van der Waals surface area contributed by atoms with Gasteiger partial charge in [0, 0.05) is 42.4 Å². The molecule has 0 fully saturated rings. The van der Waals surface area contributed by atoms with Crippen molar-refractivity contribution in [3.8, 4) is 0 Å². The highest BCUT2D eigenvalue weighted by atomic mass is 16.1. The summed E-state index contributed by atoms with van der Waals surface area (Å²) in [6.07, 6.45) is 5.86. The summed E-state index contributed by atoms with van der Waals surface area (Å²) in [5.41, 5.74) is 6.55. The number of para-hydroxylation sites is 1. The Morgan fingerprint density at radius 2 is 1.93 bits per heavy atom. The van der Waals surface area contributed by atoms with E-state index in [4.69, 9.17) is 0 Å². The normalized spacial score (nSPS) is 13.1. The fourth-order valence-corrected chi connectivity index (χ4v) is 3.59. The Balaban J connectivity index is 1.45. The van der Waals surface area contributed by atoms with Gasteiger partial charge in [-0.15, -0.1) is 0 Å². The molecular weight excluding hydrogens is 334 g/mol. The van der Waals surface area contributed by atoms with Crippen molar-refractivity contribution in [2.24, 2.45) is 0 Å². The number of carbonyl (C=O) groups excluding carboxylic acids is 1. The molecule has 1 aliphatic heterocycles. The van der Waals surface area contributed by atoms with Crippen LogP contribution in [-0.2, 0) is 13.0 Å². The average Bonchev–Trinajstić information content (AvgIpc) is 2.72. The number of fused-ring (bicyclic) bond motifs is 1. The molecule has 0 aliphatic carbocycles. The van der Waals surface area contributed by atoms with Crippen LogP contribution in [0.1, 0.15) is 33.5 Å². The summed E-state index contributed by atoms with van der Waals surface area (Å²) in [4.78, 5) is 18.9. The quantitative estimate of drug-likeness (QED) is 0.752. The largest absolute Gasteiger partial charge is 0.348 e. The van der Waals surface area contributed by atoms with Crippen molar-refractivity contribution in [3.63, 3.8) is 0 Å². The molecule has 2 heterocycles. The second-order valence-electron chi connectivity index (χ2n) is 6.98. The van der Waals surface area contributed by atoms with E-state index in [1.807, 2.05) is 43.5 Å². The van der Waals surface area contributed by atoms with E-state index in [1.165, 1.54) is 11.3 Å². The summed E-state index contributed by atoms with van der Waals surface area (Å²) in [5.74, 6) is -0.0675. The number of carbonyl (C=O) groups is 1. The lowest BCUT2D eigenvalue weighted by Gasteiger charge is -2.31. The van der Waals surface area contributed by atoms with E-state index in [0.29, 0.717) is 12.1 Å². The van der Waals surface area contributed by atoms with Crippen LogP contribution in [0.4, 0.5) is 11.4 Å². The van der Waals surface area contributed by atoms with Crippen LogP contribution in [-0.4, -0.2) is 17.4 Å². The summed E-state index contributed by atoms with van der Waals surface area (Å²) in [6.45, 7) is 3.48. The first-order valence-corrected chi connectivity index (χ1v) is 9.35. The molecule has 4 rings (SSSR count). The molecule has 0 atom stereocenters. The van der Waals surface area contributed by atoms with E-state index in [9.17, 15) is 4.79 Å². The van der Waals surface area contributed by atoms with Gasteiger partial charge in [0.2, 0.25) is 0 Å². The third kappa shape index (κ3) is 3.85. The molecular formula is C23H23N3O. The summed E-state index contributed by atoms with van der Waals surface area (Å²) in [6, 6.07) is 18.4. The number of benzene rings is 2. The van der Waals surface area contributed by atoms with Crippen molar-refractivity contribution < 1.29 is 4.79 Å². The van der Waals surface area contributed by atoms with E-state index < -0.39 is 0 Å². The van der Waals surface area contributed by atoms with Crippen molar-refractivity contribution in [2.75, 3.05) is 11.4 Å². The maximum atomic E-state index is 12.4. The van der Waals surface area contributed by atoms with Crippen LogP contribution in [0.15, 0.2) is 67.0 Å². The fourth-order valence-electron chi connectivity index (χ4n) is 3.59. The van der Waals surface area contributed by atoms with Gasteiger partial charge in [0.15, 0.2) is 0 Å². The molecule has 1 aliphatic rings. The van der Waals surface area contributed by atoms with Gasteiger partial charge in [0.25, 0.3) is 5.91 Å². The summed E-state index contributed by atoms with van der Waals surface area (Å²) in [7, 11) is 0. The minimum atomic E-state index is -0.0675. The van der Waals surface area contributed by atoms with E-state index >= 15 is 0 Å². The number of rotatable bonds is 4. The van der Waals surface area contributed by atoms with Crippen LogP contribution in [0.3, 0.4) is 0 Å². The fraction of sp³-hybridized carbons (Fsp3) is 0.217. The smallest absolute Gasteiger partial charge is 0.251 e. The van der Waals surface area contributed by atoms with Gasteiger partial charge < -0.3 is 10.2 Å². The molecule has 0 radical (unpaired) electrons. The Labute approximate surface area is 159 Å². The van der Waals surface area contributed by atoms with Crippen LogP contribution < -0.4 is 10.2 Å². The van der Waals surface area contributed by atoms with E-state index in [0.717, 1.165) is 36.2 Å². The molecule has 0 unspecified atom stereocenters. The molecule has 1 N–H and O–H groups in total. The number of nitrogens with one attached hydrogen (secondary N) is 1. The molecule has 3 aromatic rings. The van der Waals surface area contributed by atoms with Crippen LogP contribution in [0.2, 0.25) is 0 Å². The number of amides is 1. The number of nitrogens with zero attached hydrogens (tertiary/aromatic N) is 2. The highest BCUT2D eigenvalue weighted by molar-refractivity contribution is 5.94. The molecule has 0 bridgehead atoms. The van der Waals surface area contributed by atoms with E-state index in [-0.39, 0.29) is 5.91 Å².